The molecule has 0 atom stereocenters. The molecule has 1 aromatic heterocycles. The van der Waals surface area contributed by atoms with Gasteiger partial charge in [-0.25, -0.2) is 0 Å². The summed E-state index contributed by atoms with van der Waals surface area (Å²) in [5, 5.41) is 5.70. The highest BCUT2D eigenvalue weighted by Crippen LogP contribution is 2.34. The van der Waals surface area contributed by atoms with Gasteiger partial charge in [0.05, 0.1) is 16.9 Å². The lowest BCUT2D eigenvalue weighted by atomic mass is 9.90. The molecule has 0 fully saturated rings. The summed E-state index contributed by atoms with van der Waals surface area (Å²) in [5.74, 6) is 3.04. The summed E-state index contributed by atoms with van der Waals surface area (Å²) in [6.07, 6.45) is 24.8. The highest BCUT2D eigenvalue weighted by Gasteiger charge is 2.21. The zero-order valence-electron chi connectivity index (χ0n) is 30.9. The molecule has 0 aliphatic heterocycles. The van der Waals surface area contributed by atoms with E-state index >= 15 is 0 Å². The quantitative estimate of drug-likeness (QED) is 0.114. The van der Waals surface area contributed by atoms with Crippen molar-refractivity contribution in [1.82, 2.24) is 9.47 Å². The van der Waals surface area contributed by atoms with E-state index in [0.29, 0.717) is 5.70 Å². The number of aromatic nitrogens is 1. The summed E-state index contributed by atoms with van der Waals surface area (Å²) < 4.78 is 2.21. The van der Waals surface area contributed by atoms with Gasteiger partial charge < -0.3 is 9.47 Å². The molecule has 0 amide bonds. The molecule has 0 bridgehead atoms. The van der Waals surface area contributed by atoms with Crippen LogP contribution in [0.3, 0.4) is 0 Å². The van der Waals surface area contributed by atoms with E-state index < -0.39 is 0 Å². The second-order valence-corrected chi connectivity index (χ2v) is 13.1. The Balaban J connectivity index is 1.47. The number of terminal acetylenes is 1. The predicted octanol–water partition coefficient (Wildman–Crippen LogP) is 11.2. The number of fused-ring (bicyclic) bond motifs is 4. The van der Waals surface area contributed by atoms with Crippen LogP contribution in [0.25, 0.3) is 44.4 Å². The van der Waals surface area contributed by atoms with Gasteiger partial charge in [-0.2, -0.15) is 0 Å². The molecule has 7 rings (SSSR count). The van der Waals surface area contributed by atoms with E-state index in [4.69, 9.17) is 6.42 Å². The van der Waals surface area contributed by atoms with Gasteiger partial charge in [0.15, 0.2) is 0 Å². The van der Waals surface area contributed by atoms with Gasteiger partial charge in [0.25, 0.3) is 0 Å². The van der Waals surface area contributed by atoms with Crippen molar-refractivity contribution >= 4 is 44.4 Å². The van der Waals surface area contributed by atoms with E-state index in [9.17, 15) is 0 Å². The predicted molar refractivity (Wildman–Crippen MR) is 231 cm³/mol. The van der Waals surface area contributed by atoms with Crippen LogP contribution in [0.4, 0.5) is 0 Å². The fourth-order valence-electron chi connectivity index (χ4n) is 6.93. The number of hydrogen-bond acceptors (Lipinski definition) is 1. The van der Waals surface area contributed by atoms with Crippen LogP contribution in [0.2, 0.25) is 0 Å². The topological polar surface area (TPSA) is 8.17 Å². The lowest BCUT2D eigenvalue weighted by Crippen LogP contribution is -2.26. The first-order chi connectivity index (χ1) is 26.6. The van der Waals surface area contributed by atoms with Gasteiger partial charge in [-0.15, -0.1) is 6.42 Å². The van der Waals surface area contributed by atoms with Crippen molar-refractivity contribution in [2.24, 2.45) is 0 Å². The smallest absolute Gasteiger partial charge is 0.0976 e. The standard InChI is InChI=1S/C52H42N2/c1-5-7-8-9-20-36-54(45(6-2)34-31-40(4)53-35-21-10-11-22-39(3)46-26-18-19-30-50(46)53)51-38-43-25-14-15-27-47(43)52(49-29-17-16-28-48(49)51)44-33-32-41-23-12-13-24-42(41)37-44/h2,5,7-37H,1,3-4H3/b7-5-,9-8-,11-10?,35-21?,36-20+,39-22?,40-31+,45-34+. The Kier molecular flexibility index (Phi) is 10.8. The maximum atomic E-state index is 6.44. The van der Waals surface area contributed by atoms with Crippen LogP contribution in [0, 0.1) is 19.3 Å². The third-order valence-electron chi connectivity index (χ3n) is 9.60. The number of para-hydroxylation sites is 1. The van der Waals surface area contributed by atoms with Crippen molar-refractivity contribution < 1.29 is 0 Å². The van der Waals surface area contributed by atoms with E-state index in [1.165, 1.54) is 21.7 Å². The summed E-state index contributed by atoms with van der Waals surface area (Å²) in [7, 11) is 0. The molecule has 0 N–H and O–H groups in total. The normalized spacial score (nSPS) is 13.0. The third-order valence-corrected chi connectivity index (χ3v) is 9.60. The Hall–Kier alpha value is -7.04. The van der Waals surface area contributed by atoms with Gasteiger partial charge >= 0.3 is 0 Å². The molecule has 6 aromatic rings. The summed E-state index contributed by atoms with van der Waals surface area (Å²) >= 11 is 0. The molecule has 1 aliphatic carbocycles. The number of hydrogen-bond donors (Lipinski definition) is 0. The SMILES string of the molecule is C#C/C(=C\C=C(/C)n1cccccc(C)c2ccccc21)N(/C=C/C=C\C=C/C)C1=C=c2ccccc2=C(c2ccc3ccccc3c2)c2ccccc21. The van der Waals surface area contributed by atoms with Crippen LogP contribution in [0.5, 0.6) is 0 Å². The van der Waals surface area contributed by atoms with Gasteiger partial charge in [0, 0.05) is 34.3 Å². The van der Waals surface area contributed by atoms with E-state index in [-0.39, 0.29) is 0 Å². The number of allylic oxidation sites excluding steroid dienone is 9. The van der Waals surface area contributed by atoms with E-state index in [1.807, 2.05) is 49.6 Å². The largest absolute Gasteiger partial charge is 0.321 e. The molecule has 260 valence electrons. The molecule has 1 heterocycles. The van der Waals surface area contributed by atoms with E-state index in [2.05, 4.69) is 187 Å². The number of nitrogens with zero attached hydrogens (tertiary/aromatic N) is 2. The molecule has 5 aromatic carbocycles. The van der Waals surface area contributed by atoms with Crippen LogP contribution in [0.1, 0.15) is 36.1 Å². The molecule has 54 heavy (non-hydrogen) atoms. The molecular formula is C52H42N2. The Morgan fingerprint density at radius 2 is 1.43 bits per heavy atom. The second-order valence-electron chi connectivity index (χ2n) is 13.1. The summed E-state index contributed by atoms with van der Waals surface area (Å²) in [5.41, 5.74) is 13.1. The van der Waals surface area contributed by atoms with Gasteiger partial charge in [-0.05, 0) is 102 Å². The highest BCUT2D eigenvalue weighted by atomic mass is 15.1. The summed E-state index contributed by atoms with van der Waals surface area (Å²) in [6, 6.07) is 49.1. The minimum Gasteiger partial charge on any atom is -0.321 e. The average molecular weight is 695 g/mol. The first-order valence-electron chi connectivity index (χ1n) is 18.3. The number of rotatable bonds is 8. The van der Waals surface area contributed by atoms with Gasteiger partial charge in [-0.3, -0.25) is 0 Å². The van der Waals surface area contributed by atoms with Crippen molar-refractivity contribution in [3.8, 4) is 12.3 Å². The average Bonchev–Trinajstić information content (AvgIpc) is 3.29. The monoisotopic (exact) mass is 694 g/mol. The molecule has 2 nitrogen and oxygen atoms in total. The summed E-state index contributed by atoms with van der Waals surface area (Å²) in [4.78, 5) is 2.08. The minimum atomic E-state index is 0.673. The number of benzene rings is 5. The first-order valence-corrected chi connectivity index (χ1v) is 18.3. The Bertz CT molecular complexity index is 2800. The fraction of sp³-hybridized carbons (Fsp3) is 0.0577. The molecule has 2 heteroatoms. The molecule has 0 spiro atoms. The lowest BCUT2D eigenvalue weighted by Gasteiger charge is -2.24. The van der Waals surface area contributed by atoms with E-state index in [0.717, 1.165) is 49.6 Å². The van der Waals surface area contributed by atoms with Crippen molar-refractivity contribution in [1.29, 1.82) is 0 Å². The molecule has 1 aliphatic rings. The first kappa shape index (κ1) is 35.4. The second kappa shape index (κ2) is 16.5. The van der Waals surface area contributed by atoms with Crippen LogP contribution >= 0.6 is 0 Å². The molecule has 0 unspecified atom stereocenters. The zero-order valence-corrected chi connectivity index (χ0v) is 30.9. The Labute approximate surface area is 318 Å². The summed E-state index contributed by atoms with van der Waals surface area (Å²) in [6.45, 7) is 6.26. The van der Waals surface area contributed by atoms with Crippen LogP contribution in [0.15, 0.2) is 200 Å². The van der Waals surface area contributed by atoms with Gasteiger partial charge in [-0.1, -0.05) is 151 Å². The van der Waals surface area contributed by atoms with Crippen molar-refractivity contribution in [3.63, 3.8) is 0 Å². The van der Waals surface area contributed by atoms with Gasteiger partial charge in [0.2, 0.25) is 0 Å². The Morgan fingerprint density at radius 1 is 0.704 bits per heavy atom. The third kappa shape index (κ3) is 7.45. The maximum absolute atomic E-state index is 6.44. The molecule has 0 saturated carbocycles. The van der Waals surface area contributed by atoms with Gasteiger partial charge in [0.1, 0.15) is 0 Å². The van der Waals surface area contributed by atoms with Crippen molar-refractivity contribution in [3.05, 3.63) is 233 Å². The zero-order chi connectivity index (χ0) is 37.3. The molecule has 0 saturated heterocycles. The fourth-order valence-corrected chi connectivity index (χ4v) is 6.93. The molecule has 0 radical (unpaired) electrons. The minimum absolute atomic E-state index is 0.673. The molecular weight excluding hydrogens is 653 g/mol. The van der Waals surface area contributed by atoms with Crippen molar-refractivity contribution in [2.75, 3.05) is 0 Å². The lowest BCUT2D eigenvalue weighted by molar-refractivity contribution is 0.691. The maximum Gasteiger partial charge on any atom is 0.0976 e. The Morgan fingerprint density at radius 3 is 2.28 bits per heavy atom. The van der Waals surface area contributed by atoms with Crippen LogP contribution in [-0.4, -0.2) is 9.47 Å². The highest BCUT2D eigenvalue weighted by molar-refractivity contribution is 5.94. The van der Waals surface area contributed by atoms with Crippen molar-refractivity contribution in [2.45, 2.75) is 20.8 Å². The van der Waals surface area contributed by atoms with E-state index in [1.54, 1.807) is 0 Å². The van der Waals surface area contributed by atoms with Crippen LogP contribution < -0.4 is 10.4 Å². The number of aryl methyl sites for hydroxylation is 1. The van der Waals surface area contributed by atoms with Crippen LogP contribution in [-0.2, 0) is 0 Å².